The van der Waals surface area contributed by atoms with Crippen LogP contribution in [0.3, 0.4) is 0 Å². The summed E-state index contributed by atoms with van der Waals surface area (Å²) in [5, 5.41) is -1.44. The van der Waals surface area contributed by atoms with Gasteiger partial charge in [-0.3, -0.25) is 0 Å². The van der Waals surface area contributed by atoms with E-state index in [1.54, 1.807) is 0 Å². The minimum atomic E-state index is -1.44. The molecule has 0 atom stereocenters. The van der Waals surface area contributed by atoms with Crippen LogP contribution in [0.5, 0.6) is 0 Å². The first kappa shape index (κ1) is 14.9. The summed E-state index contributed by atoms with van der Waals surface area (Å²) in [6.07, 6.45) is 11.2. The SMILES string of the molecule is CCCCP(Br)(CC)(CC)CCCC. The maximum absolute atomic E-state index is 4.22. The van der Waals surface area contributed by atoms with Gasteiger partial charge in [0.1, 0.15) is 0 Å². The van der Waals surface area contributed by atoms with Gasteiger partial charge in [0.2, 0.25) is 0 Å². The van der Waals surface area contributed by atoms with Gasteiger partial charge in [0.15, 0.2) is 0 Å². The third kappa shape index (κ3) is 4.19. The molecule has 0 radical (unpaired) electrons. The number of rotatable bonds is 8. The maximum atomic E-state index is 4.22. The summed E-state index contributed by atoms with van der Waals surface area (Å²) in [5.74, 6) is 0. The van der Waals surface area contributed by atoms with Crippen molar-refractivity contribution in [1.82, 2.24) is 0 Å². The number of hydrogen-bond acceptors (Lipinski definition) is 0. The van der Waals surface area contributed by atoms with Crippen LogP contribution in [-0.4, -0.2) is 24.6 Å². The second-order valence-electron chi connectivity index (χ2n) is 4.61. The van der Waals surface area contributed by atoms with Gasteiger partial charge in [-0.25, -0.2) is 0 Å². The van der Waals surface area contributed by atoms with Crippen LogP contribution in [0.25, 0.3) is 0 Å². The molecule has 0 aromatic heterocycles. The summed E-state index contributed by atoms with van der Waals surface area (Å²) in [6.45, 7) is 9.39. The fourth-order valence-corrected chi connectivity index (χ4v) is 7.73. The average Bonchev–Trinajstić information content (AvgIpc) is 2.24. The zero-order chi connectivity index (χ0) is 11.1. The molecule has 0 N–H and O–H groups in total. The third-order valence-electron chi connectivity index (χ3n) is 3.72. The molecule has 2 heteroatoms. The second-order valence-corrected chi connectivity index (χ2v) is 16.4. The van der Waals surface area contributed by atoms with Crippen LogP contribution in [0.4, 0.5) is 0 Å². The molecule has 0 saturated heterocycles. The van der Waals surface area contributed by atoms with Crippen LogP contribution in [0, 0.1) is 0 Å². The Morgan fingerprint density at radius 1 is 0.786 bits per heavy atom. The van der Waals surface area contributed by atoms with Crippen molar-refractivity contribution in [3.63, 3.8) is 0 Å². The molecule has 0 saturated carbocycles. The Morgan fingerprint density at radius 3 is 1.36 bits per heavy atom. The first-order chi connectivity index (χ1) is 6.54. The van der Waals surface area contributed by atoms with Crippen LogP contribution < -0.4 is 0 Å². The van der Waals surface area contributed by atoms with E-state index in [1.807, 2.05) is 0 Å². The Hall–Kier alpha value is 0.910. The van der Waals surface area contributed by atoms with E-state index in [1.165, 1.54) is 50.3 Å². The molecule has 0 aliphatic carbocycles. The molecule has 0 fully saturated rings. The van der Waals surface area contributed by atoms with Crippen molar-refractivity contribution >= 4 is 20.8 Å². The molecule has 0 aromatic rings. The normalized spacial score (nSPS) is 15.1. The molecule has 0 aliphatic heterocycles. The molecule has 0 aromatic carbocycles. The molecular formula is C12H28BrP. The molecule has 0 aliphatic rings. The van der Waals surface area contributed by atoms with E-state index < -0.39 is 5.31 Å². The summed E-state index contributed by atoms with van der Waals surface area (Å²) in [7, 11) is 0. The van der Waals surface area contributed by atoms with Gasteiger partial charge < -0.3 is 0 Å². The van der Waals surface area contributed by atoms with Gasteiger partial charge in [-0.05, 0) is 0 Å². The van der Waals surface area contributed by atoms with Crippen LogP contribution in [0.2, 0.25) is 0 Å². The Morgan fingerprint density at radius 2 is 1.14 bits per heavy atom. The fraction of sp³-hybridized carbons (Fsp3) is 1.00. The number of hydrogen-bond donors (Lipinski definition) is 0. The van der Waals surface area contributed by atoms with Crippen molar-refractivity contribution in [3.05, 3.63) is 0 Å². The average molecular weight is 283 g/mol. The van der Waals surface area contributed by atoms with Gasteiger partial charge in [-0.1, -0.05) is 0 Å². The monoisotopic (exact) mass is 282 g/mol. The Bertz CT molecular complexity index is 140. The Balaban J connectivity index is 4.44. The van der Waals surface area contributed by atoms with Crippen LogP contribution in [-0.2, 0) is 0 Å². The summed E-state index contributed by atoms with van der Waals surface area (Å²) >= 11 is 4.22. The Labute approximate surface area is 98.9 Å². The minimum absolute atomic E-state index is 1.34. The summed E-state index contributed by atoms with van der Waals surface area (Å²) in [6, 6.07) is 0. The van der Waals surface area contributed by atoms with Crippen molar-refractivity contribution in [2.75, 3.05) is 24.6 Å². The standard InChI is InChI=1S/C12H28BrP/c1-5-9-11-14(13,7-3,8-4)12-10-6-2/h5-12H2,1-4H3. The van der Waals surface area contributed by atoms with Crippen molar-refractivity contribution in [2.45, 2.75) is 53.4 Å². The fourth-order valence-electron chi connectivity index (χ4n) is 2.07. The number of halogens is 1. The van der Waals surface area contributed by atoms with Crippen LogP contribution >= 0.6 is 20.8 Å². The molecule has 0 amide bonds. The number of unbranched alkanes of at least 4 members (excludes halogenated alkanes) is 2. The van der Waals surface area contributed by atoms with Gasteiger partial charge in [0.05, 0.1) is 0 Å². The Kier molecular flexibility index (Phi) is 6.90. The van der Waals surface area contributed by atoms with Crippen molar-refractivity contribution < 1.29 is 0 Å². The van der Waals surface area contributed by atoms with Gasteiger partial charge in [-0.15, -0.1) is 0 Å². The van der Waals surface area contributed by atoms with Crippen LogP contribution in [0.15, 0.2) is 0 Å². The van der Waals surface area contributed by atoms with Crippen molar-refractivity contribution in [3.8, 4) is 0 Å². The summed E-state index contributed by atoms with van der Waals surface area (Å²) in [4.78, 5) is 0. The van der Waals surface area contributed by atoms with Gasteiger partial charge in [-0.2, -0.15) is 0 Å². The predicted molar refractivity (Wildman–Crippen MR) is 76.5 cm³/mol. The van der Waals surface area contributed by atoms with E-state index in [2.05, 4.69) is 43.2 Å². The molecule has 0 nitrogen and oxygen atoms in total. The van der Waals surface area contributed by atoms with Crippen LogP contribution in [0.1, 0.15) is 53.4 Å². The molecular weight excluding hydrogens is 255 g/mol. The predicted octanol–water partition coefficient (Wildman–Crippen LogP) is 5.49. The van der Waals surface area contributed by atoms with Gasteiger partial charge in [0.25, 0.3) is 0 Å². The van der Waals surface area contributed by atoms with E-state index in [0.29, 0.717) is 0 Å². The van der Waals surface area contributed by atoms with E-state index in [0.717, 1.165) is 0 Å². The van der Waals surface area contributed by atoms with E-state index in [4.69, 9.17) is 0 Å². The van der Waals surface area contributed by atoms with E-state index in [-0.39, 0.29) is 0 Å². The summed E-state index contributed by atoms with van der Waals surface area (Å²) < 4.78 is 0. The molecule has 88 valence electrons. The quantitative estimate of drug-likeness (QED) is 0.517. The molecule has 0 bridgehead atoms. The topological polar surface area (TPSA) is 0 Å². The summed E-state index contributed by atoms with van der Waals surface area (Å²) in [5.41, 5.74) is 0. The zero-order valence-electron chi connectivity index (χ0n) is 10.5. The van der Waals surface area contributed by atoms with Gasteiger partial charge in [0, 0.05) is 0 Å². The van der Waals surface area contributed by atoms with E-state index >= 15 is 0 Å². The molecule has 0 heterocycles. The second kappa shape index (κ2) is 6.48. The molecule has 0 spiro atoms. The third-order valence-corrected chi connectivity index (χ3v) is 14.9. The zero-order valence-corrected chi connectivity index (χ0v) is 13.0. The van der Waals surface area contributed by atoms with E-state index in [9.17, 15) is 0 Å². The van der Waals surface area contributed by atoms with Crippen molar-refractivity contribution in [1.29, 1.82) is 0 Å². The first-order valence-corrected chi connectivity index (χ1v) is 11.3. The van der Waals surface area contributed by atoms with Crippen molar-refractivity contribution in [2.24, 2.45) is 0 Å². The molecule has 14 heavy (non-hydrogen) atoms. The molecule has 0 unspecified atom stereocenters. The van der Waals surface area contributed by atoms with Gasteiger partial charge >= 0.3 is 98.8 Å². The molecule has 0 rings (SSSR count). The first-order valence-electron chi connectivity index (χ1n) is 6.26.